The summed E-state index contributed by atoms with van der Waals surface area (Å²) in [6.07, 6.45) is 1.65. The summed E-state index contributed by atoms with van der Waals surface area (Å²) in [7, 11) is 1.65. The Balaban J connectivity index is 1.86. The van der Waals surface area contributed by atoms with Gasteiger partial charge in [0.2, 0.25) is 0 Å². The molecule has 0 bridgehead atoms. The first-order valence-corrected chi connectivity index (χ1v) is 7.81. The fourth-order valence-corrected chi connectivity index (χ4v) is 3.28. The molecule has 1 aliphatic heterocycles. The van der Waals surface area contributed by atoms with Crippen LogP contribution in [0.25, 0.3) is 0 Å². The van der Waals surface area contributed by atoms with E-state index in [4.69, 9.17) is 5.73 Å². The highest BCUT2D eigenvalue weighted by Crippen LogP contribution is 2.32. The topological polar surface area (TPSA) is 68.3 Å². The SMILES string of the molecule is Cn1cccc(C(=O)N2C[C@@H](CN)[C@H](c3ccccc3)C2)c1=O. The van der Waals surface area contributed by atoms with Crippen LogP contribution in [0.3, 0.4) is 0 Å². The zero-order chi connectivity index (χ0) is 16.4. The highest BCUT2D eigenvalue weighted by atomic mass is 16.2. The lowest BCUT2D eigenvalue weighted by atomic mass is 9.89. The molecule has 0 radical (unpaired) electrons. The van der Waals surface area contributed by atoms with Gasteiger partial charge in [0, 0.05) is 32.3 Å². The third kappa shape index (κ3) is 2.92. The van der Waals surface area contributed by atoms with Gasteiger partial charge in [-0.05, 0) is 30.2 Å². The van der Waals surface area contributed by atoms with Crippen LogP contribution >= 0.6 is 0 Å². The van der Waals surface area contributed by atoms with Gasteiger partial charge >= 0.3 is 0 Å². The van der Waals surface area contributed by atoms with E-state index in [1.165, 1.54) is 10.1 Å². The van der Waals surface area contributed by atoms with Gasteiger partial charge < -0.3 is 15.2 Å². The second kappa shape index (κ2) is 6.38. The fourth-order valence-electron chi connectivity index (χ4n) is 3.28. The van der Waals surface area contributed by atoms with E-state index in [0.29, 0.717) is 19.6 Å². The lowest BCUT2D eigenvalue weighted by Gasteiger charge is -2.17. The minimum atomic E-state index is -0.259. The van der Waals surface area contributed by atoms with Crippen LogP contribution < -0.4 is 11.3 Å². The number of pyridine rings is 1. The molecule has 23 heavy (non-hydrogen) atoms. The van der Waals surface area contributed by atoms with Crippen molar-refractivity contribution < 1.29 is 4.79 Å². The Labute approximate surface area is 135 Å². The van der Waals surface area contributed by atoms with Gasteiger partial charge in [-0.25, -0.2) is 0 Å². The highest BCUT2D eigenvalue weighted by molar-refractivity contribution is 5.94. The molecule has 1 aliphatic rings. The molecule has 0 unspecified atom stereocenters. The van der Waals surface area contributed by atoms with Gasteiger partial charge in [-0.2, -0.15) is 0 Å². The number of hydrogen-bond acceptors (Lipinski definition) is 3. The fraction of sp³-hybridized carbons (Fsp3) is 0.333. The summed E-state index contributed by atoms with van der Waals surface area (Å²) in [5.41, 5.74) is 7.07. The Kier molecular flexibility index (Phi) is 4.30. The molecule has 0 spiro atoms. The molecule has 2 atom stereocenters. The summed E-state index contributed by atoms with van der Waals surface area (Å²) in [5.74, 6) is 0.231. The van der Waals surface area contributed by atoms with E-state index in [2.05, 4.69) is 12.1 Å². The van der Waals surface area contributed by atoms with Gasteiger partial charge in [-0.15, -0.1) is 0 Å². The molecular formula is C18H21N3O2. The molecule has 0 saturated carbocycles. The van der Waals surface area contributed by atoms with E-state index >= 15 is 0 Å². The van der Waals surface area contributed by atoms with Crippen molar-refractivity contribution in [3.05, 3.63) is 70.1 Å². The van der Waals surface area contributed by atoms with Crippen LogP contribution in [0.15, 0.2) is 53.5 Å². The smallest absolute Gasteiger partial charge is 0.263 e. The van der Waals surface area contributed by atoms with Gasteiger partial charge in [-0.3, -0.25) is 9.59 Å². The Morgan fingerprint density at radius 2 is 1.91 bits per heavy atom. The Morgan fingerprint density at radius 1 is 1.17 bits per heavy atom. The van der Waals surface area contributed by atoms with Crippen molar-refractivity contribution in [3.8, 4) is 0 Å². The van der Waals surface area contributed by atoms with E-state index in [-0.39, 0.29) is 28.9 Å². The molecule has 1 saturated heterocycles. The molecule has 120 valence electrons. The van der Waals surface area contributed by atoms with Gasteiger partial charge in [-0.1, -0.05) is 30.3 Å². The lowest BCUT2D eigenvalue weighted by Crippen LogP contribution is -2.35. The van der Waals surface area contributed by atoms with E-state index in [9.17, 15) is 9.59 Å². The van der Waals surface area contributed by atoms with E-state index in [0.717, 1.165) is 0 Å². The number of aromatic nitrogens is 1. The average molecular weight is 311 g/mol. The van der Waals surface area contributed by atoms with Crippen molar-refractivity contribution in [2.45, 2.75) is 5.92 Å². The van der Waals surface area contributed by atoms with Crippen LogP contribution in [0.4, 0.5) is 0 Å². The number of amides is 1. The third-order valence-corrected chi connectivity index (χ3v) is 4.61. The second-order valence-corrected chi connectivity index (χ2v) is 6.06. The number of nitrogens with two attached hydrogens (primary N) is 1. The van der Waals surface area contributed by atoms with Gasteiger partial charge in [0.25, 0.3) is 11.5 Å². The minimum Gasteiger partial charge on any atom is -0.337 e. The Morgan fingerprint density at radius 3 is 2.61 bits per heavy atom. The molecule has 2 aromatic rings. The molecule has 0 aliphatic carbocycles. The van der Waals surface area contributed by atoms with Crippen molar-refractivity contribution in [2.75, 3.05) is 19.6 Å². The van der Waals surface area contributed by atoms with Gasteiger partial charge in [0.05, 0.1) is 0 Å². The molecular weight excluding hydrogens is 290 g/mol. The first-order chi connectivity index (χ1) is 11.1. The molecule has 1 aromatic carbocycles. The molecule has 5 heteroatoms. The minimum absolute atomic E-state index is 0.205. The Bertz CT molecular complexity index is 754. The maximum atomic E-state index is 12.7. The average Bonchev–Trinajstić information content (AvgIpc) is 3.02. The molecule has 1 aromatic heterocycles. The van der Waals surface area contributed by atoms with Crippen LogP contribution in [-0.4, -0.2) is 35.0 Å². The zero-order valence-corrected chi connectivity index (χ0v) is 13.2. The zero-order valence-electron chi connectivity index (χ0n) is 13.2. The molecule has 1 amide bonds. The van der Waals surface area contributed by atoms with Crippen molar-refractivity contribution in [1.82, 2.24) is 9.47 Å². The molecule has 2 N–H and O–H groups in total. The van der Waals surface area contributed by atoms with Gasteiger partial charge in [0.1, 0.15) is 5.56 Å². The number of hydrogen-bond donors (Lipinski definition) is 1. The predicted octanol–water partition coefficient (Wildman–Crippen LogP) is 1.20. The molecule has 1 fully saturated rings. The van der Waals surface area contributed by atoms with Crippen LogP contribution in [0.5, 0.6) is 0 Å². The van der Waals surface area contributed by atoms with Crippen LogP contribution in [-0.2, 0) is 7.05 Å². The molecule has 3 rings (SSSR count). The van der Waals surface area contributed by atoms with Crippen molar-refractivity contribution in [3.63, 3.8) is 0 Å². The number of carbonyl (C=O) groups excluding carboxylic acids is 1. The summed E-state index contributed by atoms with van der Waals surface area (Å²) in [4.78, 5) is 26.6. The number of carbonyl (C=O) groups is 1. The normalized spacial score (nSPS) is 20.7. The van der Waals surface area contributed by atoms with Crippen molar-refractivity contribution >= 4 is 5.91 Å². The lowest BCUT2D eigenvalue weighted by molar-refractivity contribution is 0.0784. The largest absolute Gasteiger partial charge is 0.337 e. The summed E-state index contributed by atoms with van der Waals surface area (Å²) in [6, 6.07) is 13.4. The van der Waals surface area contributed by atoms with Crippen LogP contribution in [0.2, 0.25) is 0 Å². The number of likely N-dealkylation sites (tertiary alicyclic amines) is 1. The standard InChI is InChI=1S/C18H21N3O2/c1-20-9-5-8-15(17(20)22)18(23)21-11-14(10-19)16(12-21)13-6-3-2-4-7-13/h2-9,14,16H,10-12,19H2,1H3/t14-,16+/m1/s1. The third-order valence-electron chi connectivity index (χ3n) is 4.61. The number of aryl methyl sites for hydroxylation is 1. The molecule has 5 nitrogen and oxygen atoms in total. The monoisotopic (exact) mass is 311 g/mol. The van der Waals surface area contributed by atoms with Gasteiger partial charge in [0.15, 0.2) is 0 Å². The van der Waals surface area contributed by atoms with E-state index in [1.54, 1.807) is 30.3 Å². The first-order valence-electron chi connectivity index (χ1n) is 7.81. The number of nitrogens with zero attached hydrogens (tertiary/aromatic N) is 2. The van der Waals surface area contributed by atoms with E-state index < -0.39 is 0 Å². The summed E-state index contributed by atoms with van der Waals surface area (Å²) in [6.45, 7) is 1.71. The highest BCUT2D eigenvalue weighted by Gasteiger charge is 2.36. The predicted molar refractivity (Wildman–Crippen MR) is 89.3 cm³/mol. The second-order valence-electron chi connectivity index (χ2n) is 6.06. The summed E-state index contributed by atoms with van der Waals surface area (Å²) < 4.78 is 1.43. The first kappa shape index (κ1) is 15.5. The quantitative estimate of drug-likeness (QED) is 0.926. The van der Waals surface area contributed by atoms with Crippen molar-refractivity contribution in [1.29, 1.82) is 0 Å². The van der Waals surface area contributed by atoms with E-state index in [1.807, 2.05) is 18.2 Å². The summed E-state index contributed by atoms with van der Waals surface area (Å²) >= 11 is 0. The van der Waals surface area contributed by atoms with Crippen molar-refractivity contribution in [2.24, 2.45) is 18.7 Å². The maximum absolute atomic E-state index is 12.7. The Hall–Kier alpha value is -2.40. The number of rotatable bonds is 3. The number of benzene rings is 1. The maximum Gasteiger partial charge on any atom is 0.263 e. The van der Waals surface area contributed by atoms with Crippen LogP contribution in [0, 0.1) is 5.92 Å². The molecule has 2 heterocycles. The summed E-state index contributed by atoms with van der Waals surface area (Å²) in [5, 5.41) is 0. The van der Waals surface area contributed by atoms with Crippen LogP contribution in [0.1, 0.15) is 21.8 Å².